The summed E-state index contributed by atoms with van der Waals surface area (Å²) in [6.07, 6.45) is 0. The number of hydrogen-bond acceptors (Lipinski definition) is 3. The Morgan fingerprint density at radius 3 is 2.12 bits per heavy atom. The summed E-state index contributed by atoms with van der Waals surface area (Å²) in [6.45, 7) is 0. The first-order valence-electron chi connectivity index (χ1n) is 5.24. The van der Waals surface area contributed by atoms with Crippen LogP contribution in [0.4, 0.5) is 5.69 Å². The van der Waals surface area contributed by atoms with Crippen molar-refractivity contribution in [1.82, 2.24) is 0 Å². The van der Waals surface area contributed by atoms with Gasteiger partial charge in [-0.2, -0.15) is 10.4 Å². The van der Waals surface area contributed by atoms with Crippen LogP contribution in [0.25, 0.3) is 0 Å². The maximum absolute atomic E-state index is 9.04. The average Bonchev–Trinajstić information content (AvgIpc) is 2.42. The van der Waals surface area contributed by atoms with E-state index in [4.69, 9.17) is 5.26 Å². The van der Waals surface area contributed by atoms with E-state index in [-0.39, 0.29) is 0 Å². The van der Waals surface area contributed by atoms with Crippen LogP contribution in [0.1, 0.15) is 5.56 Å². The molecule has 0 unspecified atom stereocenters. The highest BCUT2D eigenvalue weighted by molar-refractivity contribution is 6.11. The standard InChI is InChI=1S/C14H11N3/c15-11-14(12-7-3-1-4-8-12)17-16-13-9-5-2-6-10-13/h1-10,16H/b17-14+. The topological polar surface area (TPSA) is 48.2 Å². The molecule has 82 valence electrons. The summed E-state index contributed by atoms with van der Waals surface area (Å²) in [5.74, 6) is 0. The van der Waals surface area contributed by atoms with Crippen LogP contribution in [-0.2, 0) is 0 Å². The highest BCUT2D eigenvalue weighted by atomic mass is 15.3. The minimum atomic E-state index is 0.370. The Kier molecular flexibility index (Phi) is 3.51. The lowest BCUT2D eigenvalue weighted by Crippen LogP contribution is -2.01. The van der Waals surface area contributed by atoms with Crippen molar-refractivity contribution in [2.75, 3.05) is 5.43 Å². The minimum absolute atomic E-state index is 0.370. The number of rotatable bonds is 3. The number of nitrogens with one attached hydrogen (secondary N) is 1. The second-order valence-corrected chi connectivity index (χ2v) is 3.42. The summed E-state index contributed by atoms with van der Waals surface area (Å²) >= 11 is 0. The van der Waals surface area contributed by atoms with Gasteiger partial charge in [-0.25, -0.2) is 0 Å². The Balaban J connectivity index is 2.18. The summed E-state index contributed by atoms with van der Waals surface area (Å²) in [5.41, 5.74) is 4.89. The molecule has 2 aromatic carbocycles. The monoisotopic (exact) mass is 221 g/mol. The van der Waals surface area contributed by atoms with Gasteiger partial charge in [0.15, 0.2) is 5.71 Å². The first kappa shape index (κ1) is 10.9. The Morgan fingerprint density at radius 1 is 0.941 bits per heavy atom. The molecule has 0 aliphatic rings. The molecule has 0 aliphatic heterocycles. The van der Waals surface area contributed by atoms with Crippen LogP contribution in [0.5, 0.6) is 0 Å². The summed E-state index contributed by atoms with van der Waals surface area (Å²) in [7, 11) is 0. The quantitative estimate of drug-likeness (QED) is 0.639. The Labute approximate surface area is 100 Å². The Bertz CT molecular complexity index is 539. The average molecular weight is 221 g/mol. The summed E-state index contributed by atoms with van der Waals surface area (Å²) in [4.78, 5) is 0. The molecule has 0 saturated carbocycles. The Hall–Kier alpha value is -2.60. The zero-order chi connectivity index (χ0) is 11.9. The Morgan fingerprint density at radius 2 is 1.53 bits per heavy atom. The van der Waals surface area contributed by atoms with Crippen LogP contribution in [0.15, 0.2) is 65.8 Å². The van der Waals surface area contributed by atoms with Gasteiger partial charge in [0.2, 0.25) is 0 Å². The van der Waals surface area contributed by atoms with Gasteiger partial charge >= 0.3 is 0 Å². The predicted molar refractivity (Wildman–Crippen MR) is 68.7 cm³/mol. The molecule has 0 radical (unpaired) electrons. The molecule has 3 nitrogen and oxygen atoms in total. The summed E-state index contributed by atoms with van der Waals surface area (Å²) in [5, 5.41) is 13.1. The lowest BCUT2D eigenvalue weighted by molar-refractivity contribution is 1.33. The van der Waals surface area contributed by atoms with E-state index in [2.05, 4.69) is 16.6 Å². The molecule has 0 fully saturated rings. The van der Waals surface area contributed by atoms with Crippen molar-refractivity contribution in [3.05, 3.63) is 66.2 Å². The molecule has 0 bridgehead atoms. The fourth-order valence-corrected chi connectivity index (χ4v) is 1.38. The number of anilines is 1. The smallest absolute Gasteiger partial charge is 0.167 e. The molecule has 0 heterocycles. The van der Waals surface area contributed by atoms with Gasteiger partial charge in [0.1, 0.15) is 6.07 Å². The van der Waals surface area contributed by atoms with Crippen molar-refractivity contribution in [3.63, 3.8) is 0 Å². The van der Waals surface area contributed by atoms with Crippen LogP contribution < -0.4 is 5.43 Å². The maximum Gasteiger partial charge on any atom is 0.167 e. The van der Waals surface area contributed by atoms with E-state index in [0.29, 0.717) is 5.71 Å². The van der Waals surface area contributed by atoms with Crippen LogP contribution in [0, 0.1) is 11.3 Å². The highest BCUT2D eigenvalue weighted by Gasteiger charge is 2.00. The van der Waals surface area contributed by atoms with E-state index in [1.54, 1.807) is 0 Å². The third-order valence-corrected chi connectivity index (χ3v) is 2.22. The van der Waals surface area contributed by atoms with E-state index < -0.39 is 0 Å². The molecule has 3 heteroatoms. The molecule has 0 amide bonds. The molecule has 0 aliphatic carbocycles. The van der Waals surface area contributed by atoms with Gasteiger partial charge < -0.3 is 0 Å². The van der Waals surface area contributed by atoms with E-state index in [0.717, 1.165) is 11.3 Å². The lowest BCUT2D eigenvalue weighted by atomic mass is 10.1. The summed E-state index contributed by atoms with van der Waals surface area (Å²) < 4.78 is 0. The van der Waals surface area contributed by atoms with Crippen molar-refractivity contribution >= 4 is 11.4 Å². The number of hydrazone groups is 1. The van der Waals surface area contributed by atoms with Gasteiger partial charge in [0.25, 0.3) is 0 Å². The van der Waals surface area contributed by atoms with Crippen molar-refractivity contribution in [2.45, 2.75) is 0 Å². The van der Waals surface area contributed by atoms with E-state index in [1.165, 1.54) is 0 Å². The predicted octanol–water partition coefficient (Wildman–Crippen LogP) is 3.03. The van der Waals surface area contributed by atoms with Crippen LogP contribution in [0.3, 0.4) is 0 Å². The molecule has 0 spiro atoms. The largest absolute Gasteiger partial charge is 0.277 e. The molecular formula is C14H11N3. The van der Waals surface area contributed by atoms with Crippen LogP contribution >= 0.6 is 0 Å². The van der Waals surface area contributed by atoms with Gasteiger partial charge in [-0.1, -0.05) is 48.5 Å². The van der Waals surface area contributed by atoms with Crippen LogP contribution in [0.2, 0.25) is 0 Å². The van der Waals surface area contributed by atoms with Crippen LogP contribution in [-0.4, -0.2) is 5.71 Å². The third kappa shape index (κ3) is 2.93. The SMILES string of the molecule is N#C/C(=N\Nc1ccccc1)c1ccccc1. The molecule has 17 heavy (non-hydrogen) atoms. The zero-order valence-corrected chi connectivity index (χ0v) is 9.17. The molecule has 0 saturated heterocycles. The normalized spacial score (nSPS) is 10.6. The summed E-state index contributed by atoms with van der Waals surface area (Å²) in [6, 6.07) is 21.0. The van der Waals surface area contributed by atoms with Gasteiger partial charge in [-0.3, -0.25) is 5.43 Å². The van der Waals surface area contributed by atoms with E-state index >= 15 is 0 Å². The second kappa shape index (κ2) is 5.47. The number of nitriles is 1. The van der Waals surface area contributed by atoms with Crippen molar-refractivity contribution < 1.29 is 0 Å². The molecule has 1 N–H and O–H groups in total. The number of nitrogens with zero attached hydrogens (tertiary/aromatic N) is 2. The fraction of sp³-hybridized carbons (Fsp3) is 0. The lowest BCUT2D eigenvalue weighted by Gasteiger charge is -2.01. The molecule has 0 aromatic heterocycles. The van der Waals surface area contributed by atoms with Gasteiger partial charge in [0, 0.05) is 5.56 Å². The van der Waals surface area contributed by atoms with Crippen molar-refractivity contribution in [2.24, 2.45) is 5.10 Å². The number of para-hydroxylation sites is 1. The van der Waals surface area contributed by atoms with Gasteiger partial charge in [-0.05, 0) is 12.1 Å². The highest BCUT2D eigenvalue weighted by Crippen LogP contribution is 2.06. The first-order valence-corrected chi connectivity index (χ1v) is 5.24. The first-order chi connectivity index (χ1) is 8.40. The number of benzene rings is 2. The van der Waals surface area contributed by atoms with E-state index in [1.807, 2.05) is 60.7 Å². The molecular weight excluding hydrogens is 210 g/mol. The molecule has 2 rings (SSSR count). The minimum Gasteiger partial charge on any atom is -0.277 e. The van der Waals surface area contributed by atoms with Crippen molar-refractivity contribution in [1.29, 1.82) is 5.26 Å². The van der Waals surface area contributed by atoms with Crippen molar-refractivity contribution in [3.8, 4) is 6.07 Å². The fourth-order valence-electron chi connectivity index (χ4n) is 1.38. The second-order valence-electron chi connectivity index (χ2n) is 3.42. The van der Waals surface area contributed by atoms with Gasteiger partial charge in [0.05, 0.1) is 5.69 Å². The van der Waals surface area contributed by atoms with Gasteiger partial charge in [-0.15, -0.1) is 0 Å². The van der Waals surface area contributed by atoms with E-state index in [9.17, 15) is 0 Å². The zero-order valence-electron chi connectivity index (χ0n) is 9.17. The number of hydrogen-bond donors (Lipinski definition) is 1. The molecule has 0 atom stereocenters. The third-order valence-electron chi connectivity index (χ3n) is 2.22. The maximum atomic E-state index is 9.04. The molecule has 2 aromatic rings.